The number of para-hydroxylation sites is 1. The molecular formula is C30H26Cl3F4N5O9S2. The van der Waals surface area contributed by atoms with Crippen molar-refractivity contribution in [1.29, 1.82) is 0 Å². The number of ketones is 3. The van der Waals surface area contributed by atoms with Gasteiger partial charge in [-0.05, 0) is 37.6 Å². The summed E-state index contributed by atoms with van der Waals surface area (Å²) in [5.74, 6) is -4.47. The first kappa shape index (κ1) is 41.8. The number of benzene rings is 2. The Bertz CT molecular complexity index is 2270. The molecule has 1 aliphatic carbocycles. The highest BCUT2D eigenvalue weighted by molar-refractivity contribution is 7.92. The zero-order chi connectivity index (χ0) is 39.5. The summed E-state index contributed by atoms with van der Waals surface area (Å²) in [6.07, 6.45) is -3.40. The van der Waals surface area contributed by atoms with Crippen molar-refractivity contribution in [3.05, 3.63) is 68.5 Å². The number of sulfonamides is 1. The Labute approximate surface area is 313 Å². The lowest BCUT2D eigenvalue weighted by Crippen LogP contribution is -2.35. The topological polar surface area (TPSA) is 193 Å². The van der Waals surface area contributed by atoms with E-state index in [-0.39, 0.29) is 58.0 Å². The molecule has 286 valence electrons. The van der Waals surface area contributed by atoms with Crippen LogP contribution in [-0.2, 0) is 40.8 Å². The number of halogens is 7. The molecule has 0 spiro atoms. The van der Waals surface area contributed by atoms with Crippen LogP contribution in [0, 0.1) is 11.9 Å². The fourth-order valence-corrected chi connectivity index (χ4v) is 7.70. The average molecular weight is 847 g/mol. The van der Waals surface area contributed by atoms with Crippen LogP contribution in [0.4, 0.5) is 23.2 Å². The summed E-state index contributed by atoms with van der Waals surface area (Å²) in [5, 5.41) is 2.94. The second-order valence-corrected chi connectivity index (χ2v) is 15.8. The standard InChI is InChI=1S/C17H16ClF3O6S.C13H10Cl2FN5O3S/c1-28(25,26)13-6-5-9(15(18)10(13)7-27-8-17(19,20)21)16(24)14-11(22)3-2-4-12(14)23;1-2-24-13-17-9(16)6-10-18-12(19-21(10)13)25(22,23)20-11-7(14)4-3-5-8(11)15/h5-6,14H,2-4,7-8H2,1H3;3-6,20H,2H2,1H3. The molecular weight excluding hydrogens is 821 g/mol. The first-order valence-corrected chi connectivity index (χ1v) is 19.4. The molecule has 2 heterocycles. The van der Waals surface area contributed by atoms with Gasteiger partial charge >= 0.3 is 12.2 Å². The van der Waals surface area contributed by atoms with Crippen LogP contribution in [0.5, 0.6) is 6.01 Å². The molecule has 14 nitrogen and oxygen atoms in total. The van der Waals surface area contributed by atoms with Gasteiger partial charge in [-0.25, -0.2) is 8.42 Å². The predicted molar refractivity (Wildman–Crippen MR) is 181 cm³/mol. The molecule has 2 aromatic carbocycles. The minimum Gasteiger partial charge on any atom is -0.464 e. The Morgan fingerprint density at radius 1 is 1.02 bits per heavy atom. The maximum atomic E-state index is 13.5. The van der Waals surface area contributed by atoms with Gasteiger partial charge in [0.2, 0.25) is 5.95 Å². The number of sulfone groups is 1. The maximum Gasteiger partial charge on any atom is 0.411 e. The number of anilines is 1. The van der Waals surface area contributed by atoms with Crippen LogP contribution in [0.3, 0.4) is 0 Å². The largest absolute Gasteiger partial charge is 0.464 e. The van der Waals surface area contributed by atoms with Gasteiger partial charge in [-0.2, -0.15) is 40.5 Å². The van der Waals surface area contributed by atoms with Crippen molar-refractivity contribution in [3.63, 3.8) is 0 Å². The zero-order valence-electron chi connectivity index (χ0n) is 27.2. The zero-order valence-corrected chi connectivity index (χ0v) is 31.1. The number of hydrogen-bond donors (Lipinski definition) is 1. The molecule has 4 aromatic rings. The van der Waals surface area contributed by atoms with E-state index in [1.54, 1.807) is 13.0 Å². The molecule has 0 saturated heterocycles. The third-order valence-electron chi connectivity index (χ3n) is 7.09. The molecule has 0 radical (unpaired) electrons. The number of carbonyl (C=O) groups is 3. The lowest BCUT2D eigenvalue weighted by atomic mass is 9.81. The van der Waals surface area contributed by atoms with Gasteiger partial charge in [0.05, 0.1) is 38.9 Å². The highest BCUT2D eigenvalue weighted by Gasteiger charge is 2.38. The number of alkyl halides is 3. The summed E-state index contributed by atoms with van der Waals surface area (Å²) in [6.45, 7) is -0.631. The Morgan fingerprint density at radius 2 is 1.64 bits per heavy atom. The van der Waals surface area contributed by atoms with Crippen molar-refractivity contribution >= 4 is 83.3 Å². The third-order valence-corrected chi connectivity index (χ3v) is 10.5. The van der Waals surface area contributed by atoms with Crippen molar-refractivity contribution in [2.45, 2.75) is 49.0 Å². The monoisotopic (exact) mass is 845 g/mol. The van der Waals surface area contributed by atoms with Crippen LogP contribution in [0.1, 0.15) is 42.1 Å². The van der Waals surface area contributed by atoms with Crippen molar-refractivity contribution in [1.82, 2.24) is 19.6 Å². The van der Waals surface area contributed by atoms with Crippen molar-refractivity contribution in [2.24, 2.45) is 5.92 Å². The van der Waals surface area contributed by atoms with Gasteiger partial charge in [0.25, 0.3) is 15.2 Å². The summed E-state index contributed by atoms with van der Waals surface area (Å²) in [5.41, 5.74) is -0.746. The molecule has 5 rings (SSSR count). The molecule has 2 aromatic heterocycles. The fourth-order valence-electron chi connectivity index (χ4n) is 4.83. The minimum atomic E-state index is -4.65. The quantitative estimate of drug-likeness (QED) is 0.0838. The van der Waals surface area contributed by atoms with Gasteiger partial charge in [-0.1, -0.05) is 40.9 Å². The Hall–Kier alpha value is -3.95. The van der Waals surface area contributed by atoms with E-state index in [0.717, 1.165) is 29.0 Å². The lowest BCUT2D eigenvalue weighted by Gasteiger charge is -2.20. The molecule has 0 unspecified atom stereocenters. The van der Waals surface area contributed by atoms with Crippen LogP contribution in [0.15, 0.2) is 46.5 Å². The summed E-state index contributed by atoms with van der Waals surface area (Å²) in [4.78, 5) is 43.6. The van der Waals surface area contributed by atoms with E-state index in [0.29, 0.717) is 6.42 Å². The SMILES string of the molecule is CCOc1nc(F)cc2nc(S(=O)(=O)Nc3c(Cl)cccc3Cl)nn12.CS(=O)(=O)c1ccc(C(=O)C2C(=O)CCCC2=O)c(Cl)c1COCC(F)(F)F. The summed E-state index contributed by atoms with van der Waals surface area (Å²) < 4.78 is 112. The smallest absolute Gasteiger partial charge is 0.411 e. The summed E-state index contributed by atoms with van der Waals surface area (Å²) >= 11 is 18.0. The number of nitrogens with one attached hydrogen (secondary N) is 1. The van der Waals surface area contributed by atoms with Gasteiger partial charge < -0.3 is 9.47 Å². The van der Waals surface area contributed by atoms with Gasteiger partial charge in [0, 0.05) is 36.3 Å². The van der Waals surface area contributed by atoms with E-state index in [4.69, 9.17) is 39.5 Å². The molecule has 0 aliphatic heterocycles. The van der Waals surface area contributed by atoms with Crippen LogP contribution in [0.25, 0.3) is 5.65 Å². The first-order chi connectivity index (χ1) is 24.6. The fraction of sp³-hybridized carbons (Fsp3) is 0.333. The molecule has 23 heteroatoms. The summed E-state index contributed by atoms with van der Waals surface area (Å²) in [7, 11) is -8.13. The first-order valence-electron chi connectivity index (χ1n) is 14.9. The number of hydrogen-bond acceptors (Lipinski definition) is 12. The van der Waals surface area contributed by atoms with Crippen molar-refractivity contribution < 1.29 is 58.3 Å². The van der Waals surface area contributed by atoms with E-state index in [9.17, 15) is 48.8 Å². The molecule has 53 heavy (non-hydrogen) atoms. The van der Waals surface area contributed by atoms with Crippen LogP contribution < -0.4 is 9.46 Å². The van der Waals surface area contributed by atoms with Crippen LogP contribution in [0.2, 0.25) is 15.1 Å². The minimum absolute atomic E-state index is 0.0148. The number of aromatic nitrogens is 4. The van der Waals surface area contributed by atoms with Crippen LogP contribution >= 0.6 is 34.8 Å². The van der Waals surface area contributed by atoms with Gasteiger partial charge in [0.15, 0.2) is 32.8 Å². The number of carbonyl (C=O) groups excluding carboxylic acids is 3. The number of Topliss-reactive ketones (excluding diaryl/α,β-unsaturated/α-hetero) is 3. The van der Waals surface area contributed by atoms with E-state index in [1.165, 1.54) is 12.1 Å². The van der Waals surface area contributed by atoms with Crippen molar-refractivity contribution in [3.8, 4) is 6.01 Å². The third kappa shape index (κ3) is 10.2. The Kier molecular flexibility index (Phi) is 13.1. The predicted octanol–water partition coefficient (Wildman–Crippen LogP) is 5.71. The van der Waals surface area contributed by atoms with E-state index >= 15 is 0 Å². The molecule has 1 aliphatic rings. The Balaban J connectivity index is 0.000000238. The number of fused-ring (bicyclic) bond motifs is 1. The highest BCUT2D eigenvalue weighted by Crippen LogP contribution is 2.33. The van der Waals surface area contributed by atoms with Crippen molar-refractivity contribution in [2.75, 3.05) is 24.2 Å². The molecule has 1 fully saturated rings. The normalized spacial score (nSPS) is 14.2. The number of nitrogens with zero attached hydrogens (tertiary/aromatic N) is 4. The molecule has 0 amide bonds. The summed E-state index contributed by atoms with van der Waals surface area (Å²) in [6, 6.07) is 7.25. The van der Waals surface area contributed by atoms with E-state index in [1.807, 2.05) is 0 Å². The van der Waals surface area contributed by atoms with Gasteiger partial charge in [-0.3, -0.25) is 19.1 Å². The molecule has 0 atom stereocenters. The number of rotatable bonds is 11. The lowest BCUT2D eigenvalue weighted by molar-refractivity contribution is -0.176. The van der Waals surface area contributed by atoms with E-state index < -0.39 is 83.5 Å². The highest BCUT2D eigenvalue weighted by atomic mass is 35.5. The molecule has 1 saturated carbocycles. The maximum absolute atomic E-state index is 13.5. The molecule has 1 N–H and O–H groups in total. The van der Waals surface area contributed by atoms with E-state index in [2.05, 4.69) is 24.5 Å². The van der Waals surface area contributed by atoms with Gasteiger partial charge in [0.1, 0.15) is 12.5 Å². The number of ether oxygens (including phenoxy) is 2. The second-order valence-electron chi connectivity index (χ2n) is 11.0. The average Bonchev–Trinajstić information content (AvgIpc) is 3.48. The van der Waals surface area contributed by atoms with Gasteiger partial charge in [-0.15, -0.1) is 5.10 Å². The van der Waals surface area contributed by atoms with Crippen LogP contribution in [-0.4, -0.2) is 79.4 Å². The Morgan fingerprint density at radius 3 is 2.21 bits per heavy atom. The molecule has 0 bridgehead atoms. The second kappa shape index (κ2) is 16.6.